The number of hydrogen-bond acceptors (Lipinski definition) is 2. The summed E-state index contributed by atoms with van der Waals surface area (Å²) in [5, 5.41) is 10.5. The minimum atomic E-state index is -0.419. The summed E-state index contributed by atoms with van der Waals surface area (Å²) in [5.41, 5.74) is 0.737. The molecule has 2 nitrogen and oxygen atoms in total. The summed E-state index contributed by atoms with van der Waals surface area (Å²) < 4.78 is 0. The lowest BCUT2D eigenvalue weighted by Crippen LogP contribution is -2.15. The molecule has 0 aliphatic heterocycles. The molecule has 1 aliphatic carbocycles. The maximum Gasteiger partial charge on any atom is 0.0962 e. The van der Waals surface area contributed by atoms with Gasteiger partial charge >= 0.3 is 0 Å². The molecule has 1 fully saturated rings. The fourth-order valence-electron chi connectivity index (χ4n) is 1.75. The van der Waals surface area contributed by atoms with Gasteiger partial charge in [-0.05, 0) is 24.5 Å². The lowest BCUT2D eigenvalue weighted by atomic mass is 9.81. The van der Waals surface area contributed by atoms with Crippen LogP contribution in [0.2, 0.25) is 5.02 Å². The standard InChI is InChI=1S/C11H14ClNO/c12-9-4-5-10(13-7-9)11(14)6-8-2-1-3-8/h4-5,7-8,11,14H,1-3,6H2. The number of aliphatic hydroxyl groups is 1. The smallest absolute Gasteiger partial charge is 0.0962 e. The molecular weight excluding hydrogens is 198 g/mol. The molecule has 1 saturated carbocycles. The summed E-state index contributed by atoms with van der Waals surface area (Å²) in [4.78, 5) is 4.11. The van der Waals surface area contributed by atoms with Gasteiger partial charge in [0.2, 0.25) is 0 Å². The van der Waals surface area contributed by atoms with Gasteiger partial charge in [-0.15, -0.1) is 0 Å². The third-order valence-electron chi connectivity index (χ3n) is 2.87. The Kier molecular flexibility index (Phi) is 3.04. The van der Waals surface area contributed by atoms with Crippen LogP contribution in [0, 0.1) is 5.92 Å². The van der Waals surface area contributed by atoms with Crippen LogP contribution < -0.4 is 0 Å². The maximum atomic E-state index is 9.84. The van der Waals surface area contributed by atoms with Crippen molar-refractivity contribution in [1.29, 1.82) is 0 Å². The Bertz CT molecular complexity index is 295. The van der Waals surface area contributed by atoms with E-state index in [2.05, 4.69) is 4.98 Å². The second-order valence-corrected chi connectivity index (χ2v) is 4.39. The highest BCUT2D eigenvalue weighted by Crippen LogP contribution is 2.34. The van der Waals surface area contributed by atoms with Crippen LogP contribution in [0.4, 0.5) is 0 Å². The number of rotatable bonds is 3. The van der Waals surface area contributed by atoms with E-state index in [4.69, 9.17) is 11.6 Å². The molecule has 76 valence electrons. The van der Waals surface area contributed by atoms with Crippen LogP contribution in [0.5, 0.6) is 0 Å². The van der Waals surface area contributed by atoms with E-state index in [9.17, 15) is 5.11 Å². The largest absolute Gasteiger partial charge is 0.387 e. The van der Waals surface area contributed by atoms with Gasteiger partial charge in [0.15, 0.2) is 0 Å². The van der Waals surface area contributed by atoms with Gasteiger partial charge in [-0.2, -0.15) is 0 Å². The second-order valence-electron chi connectivity index (χ2n) is 3.95. The third kappa shape index (κ3) is 2.25. The van der Waals surface area contributed by atoms with Crippen molar-refractivity contribution in [1.82, 2.24) is 4.98 Å². The van der Waals surface area contributed by atoms with Gasteiger partial charge in [-0.3, -0.25) is 4.98 Å². The van der Waals surface area contributed by atoms with Crippen LogP contribution in [-0.2, 0) is 0 Å². The van der Waals surface area contributed by atoms with E-state index in [0.29, 0.717) is 10.9 Å². The lowest BCUT2D eigenvalue weighted by molar-refractivity contribution is 0.115. The molecule has 0 aromatic carbocycles. The van der Waals surface area contributed by atoms with Gasteiger partial charge in [-0.25, -0.2) is 0 Å². The molecule has 0 amide bonds. The molecule has 0 radical (unpaired) electrons. The van der Waals surface area contributed by atoms with Crippen LogP contribution >= 0.6 is 11.6 Å². The SMILES string of the molecule is OC(CC1CCC1)c1ccc(Cl)cn1. The molecular formula is C11H14ClNO. The zero-order chi connectivity index (χ0) is 9.97. The van der Waals surface area contributed by atoms with Gasteiger partial charge in [0, 0.05) is 6.20 Å². The van der Waals surface area contributed by atoms with E-state index >= 15 is 0 Å². The minimum absolute atomic E-state index is 0.419. The topological polar surface area (TPSA) is 33.1 Å². The molecule has 0 saturated heterocycles. The van der Waals surface area contributed by atoms with E-state index in [0.717, 1.165) is 12.1 Å². The summed E-state index contributed by atoms with van der Waals surface area (Å²) in [7, 11) is 0. The van der Waals surface area contributed by atoms with Crippen molar-refractivity contribution in [3.8, 4) is 0 Å². The summed E-state index contributed by atoms with van der Waals surface area (Å²) in [5.74, 6) is 0.697. The van der Waals surface area contributed by atoms with E-state index in [1.807, 2.05) is 0 Å². The average molecular weight is 212 g/mol. The molecule has 1 aliphatic rings. The first-order valence-corrected chi connectivity index (χ1v) is 5.43. The maximum absolute atomic E-state index is 9.84. The molecule has 1 atom stereocenters. The summed E-state index contributed by atoms with van der Waals surface area (Å²) in [6.45, 7) is 0. The predicted molar refractivity (Wildman–Crippen MR) is 56.2 cm³/mol. The van der Waals surface area contributed by atoms with E-state index in [1.54, 1.807) is 18.3 Å². The Hall–Kier alpha value is -0.600. The highest BCUT2D eigenvalue weighted by molar-refractivity contribution is 6.30. The molecule has 0 bridgehead atoms. The average Bonchev–Trinajstić information content (AvgIpc) is 2.12. The molecule has 1 aromatic rings. The van der Waals surface area contributed by atoms with Gasteiger partial charge in [0.25, 0.3) is 0 Å². The number of hydrogen-bond donors (Lipinski definition) is 1. The Labute approximate surface area is 88.9 Å². The van der Waals surface area contributed by atoms with Gasteiger partial charge in [0.1, 0.15) is 0 Å². The molecule has 14 heavy (non-hydrogen) atoms. The Morgan fingerprint density at radius 2 is 2.29 bits per heavy atom. The Morgan fingerprint density at radius 1 is 1.50 bits per heavy atom. The van der Waals surface area contributed by atoms with Gasteiger partial charge in [-0.1, -0.05) is 30.9 Å². The number of halogens is 1. The quantitative estimate of drug-likeness (QED) is 0.834. The fraction of sp³-hybridized carbons (Fsp3) is 0.545. The molecule has 1 aromatic heterocycles. The monoisotopic (exact) mass is 211 g/mol. The first-order valence-electron chi connectivity index (χ1n) is 5.05. The van der Waals surface area contributed by atoms with Crippen molar-refractivity contribution in [2.45, 2.75) is 31.8 Å². The highest BCUT2D eigenvalue weighted by Gasteiger charge is 2.22. The highest BCUT2D eigenvalue weighted by atomic mass is 35.5. The van der Waals surface area contributed by atoms with Crippen LogP contribution in [0.3, 0.4) is 0 Å². The predicted octanol–water partition coefficient (Wildman–Crippen LogP) is 2.96. The van der Waals surface area contributed by atoms with E-state index < -0.39 is 6.10 Å². The number of nitrogens with zero attached hydrogens (tertiary/aromatic N) is 1. The molecule has 0 spiro atoms. The molecule has 1 unspecified atom stereocenters. The van der Waals surface area contributed by atoms with Crippen LogP contribution in [0.1, 0.15) is 37.5 Å². The van der Waals surface area contributed by atoms with Crippen molar-refractivity contribution in [3.05, 3.63) is 29.0 Å². The van der Waals surface area contributed by atoms with Crippen molar-refractivity contribution < 1.29 is 5.11 Å². The van der Waals surface area contributed by atoms with Crippen LogP contribution in [-0.4, -0.2) is 10.1 Å². The summed E-state index contributed by atoms with van der Waals surface area (Å²) >= 11 is 5.72. The molecule has 3 heteroatoms. The molecule has 1 heterocycles. The summed E-state index contributed by atoms with van der Waals surface area (Å²) in [6.07, 6.45) is 5.83. The van der Waals surface area contributed by atoms with Crippen molar-refractivity contribution in [2.24, 2.45) is 5.92 Å². The lowest BCUT2D eigenvalue weighted by Gasteiger charge is -2.27. The molecule has 1 N–H and O–H groups in total. The van der Waals surface area contributed by atoms with E-state index in [1.165, 1.54) is 19.3 Å². The normalized spacial score (nSPS) is 19.0. The van der Waals surface area contributed by atoms with Crippen molar-refractivity contribution in [3.63, 3.8) is 0 Å². The number of pyridine rings is 1. The Morgan fingerprint density at radius 3 is 2.79 bits per heavy atom. The van der Waals surface area contributed by atoms with Crippen LogP contribution in [0.25, 0.3) is 0 Å². The van der Waals surface area contributed by atoms with Crippen LogP contribution in [0.15, 0.2) is 18.3 Å². The third-order valence-corrected chi connectivity index (χ3v) is 3.10. The van der Waals surface area contributed by atoms with Gasteiger partial charge in [0.05, 0.1) is 16.8 Å². The zero-order valence-corrected chi connectivity index (χ0v) is 8.74. The Balaban J connectivity index is 1.95. The fourth-order valence-corrected chi connectivity index (χ4v) is 1.86. The van der Waals surface area contributed by atoms with Gasteiger partial charge < -0.3 is 5.11 Å². The molecule has 2 rings (SSSR count). The van der Waals surface area contributed by atoms with Crippen molar-refractivity contribution >= 4 is 11.6 Å². The second kappa shape index (κ2) is 4.28. The van der Waals surface area contributed by atoms with Crippen molar-refractivity contribution in [2.75, 3.05) is 0 Å². The minimum Gasteiger partial charge on any atom is -0.387 e. The first-order chi connectivity index (χ1) is 6.75. The van der Waals surface area contributed by atoms with E-state index in [-0.39, 0.29) is 0 Å². The number of aromatic nitrogens is 1. The first kappa shape index (κ1) is 9.94. The zero-order valence-electron chi connectivity index (χ0n) is 7.99. The summed E-state index contributed by atoms with van der Waals surface area (Å²) in [6, 6.07) is 3.57. The number of aliphatic hydroxyl groups excluding tert-OH is 1.